The lowest BCUT2D eigenvalue weighted by molar-refractivity contribution is 0.253. The molecule has 2 heterocycles. The van der Waals surface area contributed by atoms with Crippen LogP contribution < -0.4 is 10.6 Å². The van der Waals surface area contributed by atoms with Crippen LogP contribution in [0.25, 0.3) is 0 Å². The van der Waals surface area contributed by atoms with E-state index in [1.807, 2.05) is 0 Å². The molecule has 5 nitrogen and oxygen atoms in total. The fraction of sp³-hybridized carbons (Fsp3) is 0.800. The summed E-state index contributed by atoms with van der Waals surface area (Å²) in [5, 5.41) is 1.06. The molecule has 1 fully saturated rings. The van der Waals surface area contributed by atoms with Crippen molar-refractivity contribution >= 4 is 16.7 Å². The highest BCUT2D eigenvalue weighted by atomic mass is 32.1. The van der Waals surface area contributed by atoms with Crippen molar-refractivity contribution in [3.05, 3.63) is 6.33 Å². The highest BCUT2D eigenvalue weighted by molar-refractivity contribution is 7.09. The molecule has 1 aromatic heterocycles. The van der Waals surface area contributed by atoms with Crippen LogP contribution in [0.4, 0.5) is 5.13 Å². The Morgan fingerprint density at radius 3 is 2.69 bits per heavy atom. The first-order valence-corrected chi connectivity index (χ1v) is 6.61. The predicted molar refractivity (Wildman–Crippen MR) is 66.9 cm³/mol. The maximum Gasteiger partial charge on any atom is 0.205 e. The summed E-state index contributed by atoms with van der Waals surface area (Å²) < 4.78 is 4.04. The van der Waals surface area contributed by atoms with Gasteiger partial charge < -0.3 is 10.6 Å². The molecule has 0 saturated carbocycles. The van der Waals surface area contributed by atoms with E-state index in [9.17, 15) is 0 Å². The van der Waals surface area contributed by atoms with Crippen LogP contribution in [0.15, 0.2) is 6.33 Å². The minimum atomic E-state index is 0.810. The van der Waals surface area contributed by atoms with Crippen molar-refractivity contribution in [3.63, 3.8) is 0 Å². The molecule has 0 atom stereocenters. The zero-order valence-electron chi connectivity index (χ0n) is 9.51. The number of aromatic nitrogens is 2. The number of unbranched alkanes of at least 4 members (excludes halogenated alkanes) is 1. The molecule has 0 spiro atoms. The zero-order valence-corrected chi connectivity index (χ0v) is 10.3. The van der Waals surface area contributed by atoms with Crippen LogP contribution >= 0.6 is 11.5 Å². The van der Waals surface area contributed by atoms with Crippen molar-refractivity contribution in [3.8, 4) is 0 Å². The van der Waals surface area contributed by atoms with Crippen LogP contribution in [0.3, 0.4) is 0 Å². The van der Waals surface area contributed by atoms with Crippen molar-refractivity contribution < 1.29 is 0 Å². The normalized spacial score (nSPS) is 17.9. The van der Waals surface area contributed by atoms with Gasteiger partial charge in [0.1, 0.15) is 6.33 Å². The maximum absolute atomic E-state index is 5.49. The van der Waals surface area contributed by atoms with Gasteiger partial charge in [0.15, 0.2) is 0 Å². The van der Waals surface area contributed by atoms with Gasteiger partial charge in [-0.05, 0) is 25.9 Å². The lowest BCUT2D eigenvalue weighted by Crippen LogP contribution is -2.46. The molecule has 1 aromatic rings. The Morgan fingerprint density at radius 2 is 2.06 bits per heavy atom. The van der Waals surface area contributed by atoms with E-state index in [0.717, 1.165) is 44.3 Å². The highest BCUT2D eigenvalue weighted by Gasteiger charge is 2.18. The molecule has 1 saturated heterocycles. The number of hydrogen-bond acceptors (Lipinski definition) is 6. The average molecular weight is 241 g/mol. The molecule has 0 radical (unpaired) electrons. The summed E-state index contributed by atoms with van der Waals surface area (Å²) in [6, 6.07) is 0. The van der Waals surface area contributed by atoms with E-state index in [2.05, 4.69) is 19.2 Å². The van der Waals surface area contributed by atoms with Gasteiger partial charge in [0, 0.05) is 37.7 Å². The van der Waals surface area contributed by atoms with E-state index in [1.54, 1.807) is 6.33 Å². The third kappa shape index (κ3) is 3.13. The second-order valence-electron chi connectivity index (χ2n) is 4.05. The summed E-state index contributed by atoms with van der Waals surface area (Å²) >= 11 is 1.48. The van der Waals surface area contributed by atoms with Crippen LogP contribution in [-0.2, 0) is 0 Å². The predicted octanol–water partition coefficient (Wildman–Crippen LogP) is 0.399. The SMILES string of the molecule is NCCCCN1CCN(c2ncns2)CC1. The maximum atomic E-state index is 5.49. The number of piperazine rings is 1. The molecule has 0 bridgehead atoms. The molecule has 6 heteroatoms. The summed E-state index contributed by atoms with van der Waals surface area (Å²) in [7, 11) is 0. The lowest BCUT2D eigenvalue weighted by Gasteiger charge is -2.34. The van der Waals surface area contributed by atoms with E-state index in [1.165, 1.54) is 24.5 Å². The van der Waals surface area contributed by atoms with Crippen LogP contribution in [-0.4, -0.2) is 53.5 Å². The standard InChI is InChI=1S/C10H19N5S/c11-3-1-2-4-14-5-7-15(8-6-14)10-12-9-13-16-10/h9H,1-8,11H2. The average Bonchev–Trinajstić information content (AvgIpc) is 2.84. The number of nitrogens with zero attached hydrogens (tertiary/aromatic N) is 4. The molecule has 0 aromatic carbocycles. The van der Waals surface area contributed by atoms with Crippen molar-refractivity contribution in [2.75, 3.05) is 44.2 Å². The fourth-order valence-corrected chi connectivity index (χ4v) is 2.53. The van der Waals surface area contributed by atoms with Gasteiger partial charge in [-0.2, -0.15) is 4.37 Å². The van der Waals surface area contributed by atoms with Gasteiger partial charge in [-0.15, -0.1) is 0 Å². The van der Waals surface area contributed by atoms with E-state index in [0.29, 0.717) is 0 Å². The topological polar surface area (TPSA) is 58.3 Å². The summed E-state index contributed by atoms with van der Waals surface area (Å²) in [6.45, 7) is 6.38. The first kappa shape index (κ1) is 11.8. The van der Waals surface area contributed by atoms with Crippen LogP contribution in [0.1, 0.15) is 12.8 Å². The molecule has 16 heavy (non-hydrogen) atoms. The van der Waals surface area contributed by atoms with Crippen LogP contribution in [0.2, 0.25) is 0 Å². The van der Waals surface area contributed by atoms with E-state index < -0.39 is 0 Å². The van der Waals surface area contributed by atoms with Crippen LogP contribution in [0.5, 0.6) is 0 Å². The Labute approximate surface area is 100 Å². The minimum Gasteiger partial charge on any atom is -0.344 e. The quantitative estimate of drug-likeness (QED) is 0.756. The summed E-state index contributed by atoms with van der Waals surface area (Å²) in [4.78, 5) is 9.06. The van der Waals surface area contributed by atoms with Gasteiger partial charge >= 0.3 is 0 Å². The molecule has 2 N–H and O–H groups in total. The molecular formula is C10H19N5S. The number of nitrogens with two attached hydrogens (primary N) is 1. The van der Waals surface area contributed by atoms with Gasteiger partial charge in [-0.1, -0.05) is 0 Å². The van der Waals surface area contributed by atoms with Crippen molar-refractivity contribution in [2.45, 2.75) is 12.8 Å². The first-order valence-electron chi connectivity index (χ1n) is 5.84. The third-order valence-corrected chi connectivity index (χ3v) is 3.65. The molecule has 0 aliphatic carbocycles. The molecule has 0 amide bonds. The van der Waals surface area contributed by atoms with Crippen molar-refractivity contribution in [1.29, 1.82) is 0 Å². The monoisotopic (exact) mass is 241 g/mol. The Bertz CT molecular complexity index is 281. The smallest absolute Gasteiger partial charge is 0.205 e. The Balaban J connectivity index is 1.70. The largest absolute Gasteiger partial charge is 0.344 e. The van der Waals surface area contributed by atoms with E-state index in [4.69, 9.17) is 5.73 Å². The van der Waals surface area contributed by atoms with Gasteiger partial charge in [-0.25, -0.2) is 4.98 Å². The number of anilines is 1. The van der Waals surface area contributed by atoms with Crippen LogP contribution in [0, 0.1) is 0 Å². The van der Waals surface area contributed by atoms with Gasteiger partial charge in [0.25, 0.3) is 0 Å². The molecule has 90 valence electrons. The van der Waals surface area contributed by atoms with Gasteiger partial charge in [-0.3, -0.25) is 4.90 Å². The molecular weight excluding hydrogens is 222 g/mol. The summed E-state index contributed by atoms with van der Waals surface area (Å²) in [5.41, 5.74) is 5.49. The zero-order chi connectivity index (χ0) is 11.2. The number of hydrogen-bond donors (Lipinski definition) is 1. The molecule has 1 aliphatic rings. The minimum absolute atomic E-state index is 0.810. The first-order chi connectivity index (χ1) is 7.90. The summed E-state index contributed by atoms with van der Waals surface area (Å²) in [6.07, 6.45) is 3.99. The summed E-state index contributed by atoms with van der Waals surface area (Å²) in [5.74, 6) is 0. The Kier molecular flexibility index (Phi) is 4.50. The second kappa shape index (κ2) is 6.12. The Hall–Kier alpha value is -0.720. The van der Waals surface area contributed by atoms with E-state index >= 15 is 0 Å². The number of rotatable bonds is 5. The molecule has 1 aliphatic heterocycles. The lowest BCUT2D eigenvalue weighted by atomic mass is 10.2. The van der Waals surface area contributed by atoms with Gasteiger partial charge in [0.2, 0.25) is 5.13 Å². The molecule has 2 rings (SSSR count). The van der Waals surface area contributed by atoms with Gasteiger partial charge in [0.05, 0.1) is 0 Å². The van der Waals surface area contributed by atoms with Crippen molar-refractivity contribution in [2.24, 2.45) is 5.73 Å². The second-order valence-corrected chi connectivity index (χ2v) is 4.81. The van der Waals surface area contributed by atoms with E-state index in [-0.39, 0.29) is 0 Å². The Morgan fingerprint density at radius 1 is 1.25 bits per heavy atom. The highest BCUT2D eigenvalue weighted by Crippen LogP contribution is 2.16. The molecule has 0 unspecified atom stereocenters. The fourth-order valence-electron chi connectivity index (χ4n) is 1.95. The van der Waals surface area contributed by atoms with Crippen molar-refractivity contribution in [1.82, 2.24) is 14.3 Å². The third-order valence-electron chi connectivity index (χ3n) is 2.92.